The van der Waals surface area contributed by atoms with Crippen molar-refractivity contribution in [2.24, 2.45) is 22.5 Å². The highest BCUT2D eigenvalue weighted by Crippen LogP contribution is 2.76. The summed E-state index contributed by atoms with van der Waals surface area (Å²) in [7, 11) is 0. The van der Waals surface area contributed by atoms with Gasteiger partial charge in [-0.2, -0.15) is 0 Å². The molecule has 0 saturated heterocycles. The van der Waals surface area contributed by atoms with Crippen molar-refractivity contribution >= 4 is 0 Å². The van der Waals surface area contributed by atoms with Crippen molar-refractivity contribution in [1.29, 1.82) is 0 Å². The topological polar surface area (TPSA) is 26.0 Å². The molecule has 3 aliphatic carbocycles. The highest BCUT2D eigenvalue weighted by atomic mass is 14.8. The molecule has 0 radical (unpaired) electrons. The Morgan fingerprint density at radius 3 is 2.27 bits per heavy atom. The molecule has 64 valence electrons. The first-order chi connectivity index (χ1) is 5.16. The first-order valence-electron chi connectivity index (χ1n) is 4.86. The van der Waals surface area contributed by atoms with E-state index in [2.05, 4.69) is 13.8 Å². The Kier molecular flexibility index (Phi) is 1.39. The fourth-order valence-electron chi connectivity index (χ4n) is 3.26. The van der Waals surface area contributed by atoms with Gasteiger partial charge in [0.25, 0.3) is 0 Å². The summed E-state index contributed by atoms with van der Waals surface area (Å²) < 4.78 is 0. The summed E-state index contributed by atoms with van der Waals surface area (Å²) in [6, 6.07) is 0. The van der Waals surface area contributed by atoms with E-state index in [0.717, 1.165) is 17.9 Å². The van der Waals surface area contributed by atoms with Gasteiger partial charge < -0.3 is 5.73 Å². The van der Waals surface area contributed by atoms with Crippen molar-refractivity contribution in [2.75, 3.05) is 6.54 Å². The highest BCUT2D eigenvalue weighted by Gasteiger charge is 2.67. The molecular formula is C10H19N. The van der Waals surface area contributed by atoms with Gasteiger partial charge in [0.15, 0.2) is 0 Å². The van der Waals surface area contributed by atoms with Crippen LogP contribution in [0.4, 0.5) is 0 Å². The first kappa shape index (κ1) is 7.60. The third-order valence-electron chi connectivity index (χ3n) is 4.27. The minimum atomic E-state index is 0.628. The van der Waals surface area contributed by atoms with Crippen molar-refractivity contribution in [3.8, 4) is 0 Å². The van der Waals surface area contributed by atoms with E-state index in [4.69, 9.17) is 5.73 Å². The quantitative estimate of drug-likeness (QED) is 0.660. The molecular weight excluding hydrogens is 134 g/mol. The van der Waals surface area contributed by atoms with Gasteiger partial charge >= 0.3 is 0 Å². The lowest BCUT2D eigenvalue weighted by molar-refractivity contribution is -0.226. The second-order valence-corrected chi connectivity index (χ2v) is 4.91. The molecule has 3 fully saturated rings. The fraction of sp³-hybridized carbons (Fsp3) is 1.00. The third-order valence-corrected chi connectivity index (χ3v) is 4.27. The molecule has 1 nitrogen and oxygen atoms in total. The molecule has 0 amide bonds. The predicted molar refractivity (Wildman–Crippen MR) is 47.2 cm³/mol. The minimum absolute atomic E-state index is 0.628. The lowest BCUT2D eigenvalue weighted by atomic mass is 9.32. The molecule has 2 bridgehead atoms. The first-order valence-corrected chi connectivity index (χ1v) is 4.86. The van der Waals surface area contributed by atoms with Gasteiger partial charge in [-0.3, -0.25) is 0 Å². The normalized spacial score (nSPS) is 49.4. The Morgan fingerprint density at radius 2 is 1.91 bits per heavy atom. The molecule has 1 heteroatoms. The van der Waals surface area contributed by atoms with Gasteiger partial charge in [-0.15, -0.1) is 0 Å². The largest absolute Gasteiger partial charge is 0.330 e. The lowest BCUT2D eigenvalue weighted by Gasteiger charge is -2.73. The molecule has 0 aliphatic heterocycles. The molecule has 3 aliphatic rings. The summed E-state index contributed by atoms with van der Waals surface area (Å²) in [5.41, 5.74) is 7.09. The summed E-state index contributed by atoms with van der Waals surface area (Å²) >= 11 is 0. The van der Waals surface area contributed by atoms with E-state index in [1.165, 1.54) is 25.7 Å². The van der Waals surface area contributed by atoms with Gasteiger partial charge in [-0.25, -0.2) is 0 Å². The van der Waals surface area contributed by atoms with E-state index in [0.29, 0.717) is 5.41 Å². The summed E-state index contributed by atoms with van der Waals surface area (Å²) in [6.07, 6.45) is 5.66. The van der Waals surface area contributed by atoms with Crippen LogP contribution in [0, 0.1) is 16.7 Å². The van der Waals surface area contributed by atoms with Crippen LogP contribution in [0.25, 0.3) is 0 Å². The van der Waals surface area contributed by atoms with Gasteiger partial charge in [0.05, 0.1) is 0 Å². The Morgan fingerprint density at radius 1 is 1.36 bits per heavy atom. The molecule has 0 heterocycles. The summed E-state index contributed by atoms with van der Waals surface area (Å²) in [5, 5.41) is 0. The number of nitrogens with two attached hydrogens (primary N) is 1. The van der Waals surface area contributed by atoms with Crippen LogP contribution in [0.3, 0.4) is 0 Å². The average Bonchev–Trinajstić information content (AvgIpc) is 1.83. The van der Waals surface area contributed by atoms with Crippen molar-refractivity contribution in [3.63, 3.8) is 0 Å². The minimum Gasteiger partial charge on any atom is -0.330 e. The highest BCUT2D eigenvalue weighted by molar-refractivity contribution is 5.18. The molecule has 0 aromatic carbocycles. The predicted octanol–water partition coefficient (Wildman–Crippen LogP) is 2.16. The maximum atomic E-state index is 5.71. The second-order valence-electron chi connectivity index (χ2n) is 4.91. The smallest absolute Gasteiger partial charge is 0.00199 e. The summed E-state index contributed by atoms with van der Waals surface area (Å²) in [6.45, 7) is 5.64. The molecule has 3 saturated carbocycles. The molecule has 2 N–H and O–H groups in total. The monoisotopic (exact) mass is 153 g/mol. The van der Waals surface area contributed by atoms with Crippen LogP contribution in [0.5, 0.6) is 0 Å². The number of hydrogen-bond acceptors (Lipinski definition) is 1. The maximum absolute atomic E-state index is 5.71. The SMILES string of the molecule is CCC(C)C12CC(CN)(C1)C2. The molecule has 3 rings (SSSR count). The summed E-state index contributed by atoms with van der Waals surface area (Å²) in [4.78, 5) is 0. The van der Waals surface area contributed by atoms with Gasteiger partial charge in [0.1, 0.15) is 0 Å². The Balaban J connectivity index is 1.93. The second kappa shape index (κ2) is 2.01. The molecule has 11 heavy (non-hydrogen) atoms. The van der Waals surface area contributed by atoms with Crippen LogP contribution in [0.15, 0.2) is 0 Å². The molecule has 0 spiro atoms. The maximum Gasteiger partial charge on any atom is -0.00199 e. The van der Waals surface area contributed by atoms with E-state index >= 15 is 0 Å². The van der Waals surface area contributed by atoms with E-state index in [-0.39, 0.29) is 0 Å². The van der Waals surface area contributed by atoms with Crippen LogP contribution < -0.4 is 5.73 Å². The Hall–Kier alpha value is -0.0400. The van der Waals surface area contributed by atoms with E-state index in [1.807, 2.05) is 0 Å². The Bertz CT molecular complexity index is 154. The van der Waals surface area contributed by atoms with Crippen molar-refractivity contribution in [1.82, 2.24) is 0 Å². The zero-order valence-corrected chi connectivity index (χ0v) is 7.69. The molecule has 1 atom stereocenters. The van der Waals surface area contributed by atoms with E-state index in [9.17, 15) is 0 Å². The van der Waals surface area contributed by atoms with Crippen LogP contribution in [0.2, 0.25) is 0 Å². The van der Waals surface area contributed by atoms with Gasteiger partial charge in [0.2, 0.25) is 0 Å². The van der Waals surface area contributed by atoms with E-state index < -0.39 is 0 Å². The lowest BCUT2D eigenvalue weighted by Crippen LogP contribution is -2.66. The average molecular weight is 153 g/mol. The molecule has 0 aromatic heterocycles. The summed E-state index contributed by atoms with van der Waals surface area (Å²) in [5.74, 6) is 0.941. The van der Waals surface area contributed by atoms with Crippen LogP contribution in [0.1, 0.15) is 39.5 Å². The molecule has 1 unspecified atom stereocenters. The Labute approximate surface area is 69.4 Å². The third kappa shape index (κ3) is 0.752. The van der Waals surface area contributed by atoms with Crippen LogP contribution in [-0.4, -0.2) is 6.54 Å². The zero-order valence-electron chi connectivity index (χ0n) is 7.69. The van der Waals surface area contributed by atoms with Crippen molar-refractivity contribution in [2.45, 2.75) is 39.5 Å². The standard InChI is InChI=1S/C10H19N/c1-3-8(2)10-4-9(5-10,6-10)7-11/h8H,3-7,11H2,1-2H3. The molecule has 0 aromatic rings. The van der Waals surface area contributed by atoms with Crippen LogP contribution in [-0.2, 0) is 0 Å². The fourth-order valence-corrected chi connectivity index (χ4v) is 3.26. The van der Waals surface area contributed by atoms with Gasteiger partial charge in [-0.05, 0) is 42.6 Å². The zero-order chi connectivity index (χ0) is 8.11. The van der Waals surface area contributed by atoms with E-state index in [1.54, 1.807) is 0 Å². The number of rotatable bonds is 3. The number of hydrogen-bond donors (Lipinski definition) is 1. The van der Waals surface area contributed by atoms with Crippen molar-refractivity contribution < 1.29 is 0 Å². The van der Waals surface area contributed by atoms with Gasteiger partial charge in [-0.1, -0.05) is 20.3 Å². The van der Waals surface area contributed by atoms with Crippen molar-refractivity contribution in [3.05, 3.63) is 0 Å². The van der Waals surface area contributed by atoms with Crippen LogP contribution >= 0.6 is 0 Å². The van der Waals surface area contributed by atoms with Gasteiger partial charge in [0, 0.05) is 0 Å².